The van der Waals surface area contributed by atoms with Gasteiger partial charge in [0.2, 0.25) is 0 Å². The molecule has 1 rings (SSSR count). The van der Waals surface area contributed by atoms with Crippen molar-refractivity contribution in [3.8, 4) is 0 Å². The molecule has 0 aliphatic heterocycles. The van der Waals surface area contributed by atoms with Gasteiger partial charge in [0.25, 0.3) is 5.69 Å². The minimum absolute atomic E-state index is 0.117. The van der Waals surface area contributed by atoms with Crippen LogP contribution in [-0.2, 0) is 0 Å². The summed E-state index contributed by atoms with van der Waals surface area (Å²) in [6, 6.07) is 5.39. The zero-order chi connectivity index (χ0) is 13.0. The van der Waals surface area contributed by atoms with Gasteiger partial charge in [0.15, 0.2) is 0 Å². The molecule has 5 nitrogen and oxygen atoms in total. The predicted molar refractivity (Wildman–Crippen MR) is 70.8 cm³/mol. The number of nitrogens with zero attached hydrogens (tertiary/aromatic N) is 2. The Kier molecular flexibility index (Phi) is 4.31. The first kappa shape index (κ1) is 13.3. The average Bonchev–Trinajstić information content (AvgIpc) is 2.28. The van der Waals surface area contributed by atoms with Crippen LogP contribution in [0.3, 0.4) is 0 Å². The molecule has 0 fully saturated rings. The SMILES string of the molecule is CCN(c1cc(NC)cc([N+](=O)[O-])c1)C(C)C. The Labute approximate surface area is 102 Å². The summed E-state index contributed by atoms with van der Waals surface area (Å²) in [6.07, 6.45) is 0. The Morgan fingerprint density at radius 1 is 1.41 bits per heavy atom. The first-order valence-corrected chi connectivity index (χ1v) is 5.73. The minimum Gasteiger partial charge on any atom is -0.388 e. The summed E-state index contributed by atoms with van der Waals surface area (Å²) < 4.78 is 0. The molecule has 94 valence electrons. The van der Waals surface area contributed by atoms with Crippen LogP contribution >= 0.6 is 0 Å². The molecular formula is C12H19N3O2. The van der Waals surface area contributed by atoms with Crippen LogP contribution < -0.4 is 10.2 Å². The Morgan fingerprint density at radius 2 is 2.06 bits per heavy atom. The van der Waals surface area contributed by atoms with Crippen molar-refractivity contribution in [2.45, 2.75) is 26.8 Å². The van der Waals surface area contributed by atoms with E-state index in [4.69, 9.17) is 0 Å². The fourth-order valence-electron chi connectivity index (χ4n) is 1.86. The molecule has 0 spiro atoms. The van der Waals surface area contributed by atoms with E-state index in [0.717, 1.165) is 17.9 Å². The van der Waals surface area contributed by atoms with Gasteiger partial charge in [0.1, 0.15) is 0 Å². The number of benzene rings is 1. The zero-order valence-corrected chi connectivity index (χ0v) is 10.7. The first-order chi connectivity index (χ1) is 7.99. The quantitative estimate of drug-likeness (QED) is 0.632. The summed E-state index contributed by atoms with van der Waals surface area (Å²) in [6.45, 7) is 7.00. The normalized spacial score (nSPS) is 10.4. The van der Waals surface area contributed by atoms with Crippen molar-refractivity contribution in [2.24, 2.45) is 0 Å². The van der Waals surface area contributed by atoms with Gasteiger partial charge in [-0.05, 0) is 26.8 Å². The van der Waals surface area contributed by atoms with E-state index in [1.54, 1.807) is 13.1 Å². The monoisotopic (exact) mass is 237 g/mol. The van der Waals surface area contributed by atoms with E-state index in [1.807, 2.05) is 13.0 Å². The molecule has 0 saturated carbocycles. The lowest BCUT2D eigenvalue weighted by Crippen LogP contribution is -2.30. The number of nitro benzene ring substituents is 1. The third-order valence-electron chi connectivity index (χ3n) is 2.70. The average molecular weight is 237 g/mol. The number of hydrogen-bond acceptors (Lipinski definition) is 4. The maximum absolute atomic E-state index is 10.9. The van der Waals surface area contributed by atoms with Crippen LogP contribution in [0.25, 0.3) is 0 Å². The van der Waals surface area contributed by atoms with E-state index < -0.39 is 0 Å². The molecule has 5 heteroatoms. The lowest BCUT2D eigenvalue weighted by Gasteiger charge is -2.27. The number of non-ortho nitro benzene ring substituents is 1. The van der Waals surface area contributed by atoms with Crippen LogP contribution in [0.1, 0.15) is 20.8 Å². The van der Waals surface area contributed by atoms with Gasteiger partial charge in [-0.1, -0.05) is 0 Å². The maximum atomic E-state index is 10.9. The summed E-state index contributed by atoms with van der Waals surface area (Å²) in [7, 11) is 1.76. The van der Waals surface area contributed by atoms with Crippen molar-refractivity contribution in [3.63, 3.8) is 0 Å². The van der Waals surface area contributed by atoms with E-state index >= 15 is 0 Å². The zero-order valence-electron chi connectivity index (χ0n) is 10.7. The Hall–Kier alpha value is -1.78. The van der Waals surface area contributed by atoms with Gasteiger partial charge in [-0.2, -0.15) is 0 Å². The molecule has 0 bridgehead atoms. The third kappa shape index (κ3) is 3.09. The molecule has 0 amide bonds. The third-order valence-corrected chi connectivity index (χ3v) is 2.70. The summed E-state index contributed by atoms with van der Waals surface area (Å²) in [4.78, 5) is 12.6. The Bertz CT molecular complexity index is 405. The number of hydrogen-bond donors (Lipinski definition) is 1. The van der Waals surface area contributed by atoms with Crippen LogP contribution in [0.2, 0.25) is 0 Å². The van der Waals surface area contributed by atoms with Gasteiger partial charge in [-0.15, -0.1) is 0 Å². The molecule has 0 heterocycles. The van der Waals surface area contributed by atoms with E-state index in [1.165, 1.54) is 6.07 Å². The van der Waals surface area contributed by atoms with Gasteiger partial charge in [0.05, 0.1) is 4.92 Å². The predicted octanol–water partition coefficient (Wildman–Crippen LogP) is 2.87. The highest BCUT2D eigenvalue weighted by molar-refractivity contribution is 5.64. The summed E-state index contributed by atoms with van der Waals surface area (Å²) >= 11 is 0. The topological polar surface area (TPSA) is 58.4 Å². The van der Waals surface area contributed by atoms with Crippen molar-refractivity contribution >= 4 is 17.1 Å². The number of anilines is 2. The minimum atomic E-state index is -0.363. The molecule has 0 aliphatic carbocycles. The van der Waals surface area contributed by atoms with E-state index in [9.17, 15) is 10.1 Å². The smallest absolute Gasteiger partial charge is 0.273 e. The van der Waals surface area contributed by atoms with Gasteiger partial charge in [-0.3, -0.25) is 10.1 Å². The molecule has 0 radical (unpaired) electrons. The Morgan fingerprint density at radius 3 is 2.47 bits per heavy atom. The molecule has 0 aliphatic rings. The fraction of sp³-hybridized carbons (Fsp3) is 0.500. The number of nitro groups is 1. The summed E-state index contributed by atoms with van der Waals surface area (Å²) in [5.41, 5.74) is 1.75. The second-order valence-electron chi connectivity index (χ2n) is 4.12. The molecule has 0 unspecified atom stereocenters. The van der Waals surface area contributed by atoms with Crippen molar-refractivity contribution in [2.75, 3.05) is 23.8 Å². The molecule has 0 aromatic heterocycles. The van der Waals surface area contributed by atoms with Crippen LogP contribution in [0.15, 0.2) is 18.2 Å². The van der Waals surface area contributed by atoms with Gasteiger partial charge in [-0.25, -0.2) is 0 Å². The molecule has 0 saturated heterocycles. The highest BCUT2D eigenvalue weighted by Gasteiger charge is 2.14. The molecule has 0 atom stereocenters. The van der Waals surface area contributed by atoms with E-state index in [0.29, 0.717) is 6.04 Å². The molecule has 1 N–H and O–H groups in total. The number of rotatable bonds is 5. The molecule has 17 heavy (non-hydrogen) atoms. The van der Waals surface area contributed by atoms with Crippen molar-refractivity contribution in [3.05, 3.63) is 28.3 Å². The maximum Gasteiger partial charge on any atom is 0.273 e. The van der Waals surface area contributed by atoms with Crippen molar-refractivity contribution in [1.82, 2.24) is 0 Å². The van der Waals surface area contributed by atoms with E-state index in [2.05, 4.69) is 24.1 Å². The van der Waals surface area contributed by atoms with Crippen LogP contribution in [0, 0.1) is 10.1 Å². The Balaban J connectivity index is 3.22. The van der Waals surface area contributed by atoms with Crippen LogP contribution in [0.5, 0.6) is 0 Å². The van der Waals surface area contributed by atoms with Crippen molar-refractivity contribution in [1.29, 1.82) is 0 Å². The lowest BCUT2D eigenvalue weighted by atomic mass is 10.2. The summed E-state index contributed by atoms with van der Waals surface area (Å²) in [5.74, 6) is 0. The van der Waals surface area contributed by atoms with Gasteiger partial charge >= 0.3 is 0 Å². The first-order valence-electron chi connectivity index (χ1n) is 5.73. The standard InChI is InChI=1S/C12H19N3O2/c1-5-14(9(2)3)11-6-10(13-4)7-12(8-11)15(16)17/h6-9,13H,5H2,1-4H3. The second kappa shape index (κ2) is 5.52. The van der Waals surface area contributed by atoms with Crippen LogP contribution in [-0.4, -0.2) is 24.6 Å². The molecule has 1 aromatic carbocycles. The molecular weight excluding hydrogens is 218 g/mol. The largest absolute Gasteiger partial charge is 0.388 e. The van der Waals surface area contributed by atoms with Crippen LogP contribution in [0.4, 0.5) is 17.1 Å². The van der Waals surface area contributed by atoms with E-state index in [-0.39, 0.29) is 10.6 Å². The summed E-state index contributed by atoms with van der Waals surface area (Å²) in [5, 5.41) is 13.8. The van der Waals surface area contributed by atoms with Gasteiger partial charge < -0.3 is 10.2 Å². The highest BCUT2D eigenvalue weighted by atomic mass is 16.6. The van der Waals surface area contributed by atoms with Gasteiger partial charge in [0, 0.05) is 43.1 Å². The number of nitrogens with one attached hydrogen (secondary N) is 1. The second-order valence-corrected chi connectivity index (χ2v) is 4.12. The lowest BCUT2D eigenvalue weighted by molar-refractivity contribution is -0.384. The molecule has 1 aromatic rings. The van der Waals surface area contributed by atoms with Crippen molar-refractivity contribution < 1.29 is 4.92 Å². The highest BCUT2D eigenvalue weighted by Crippen LogP contribution is 2.27. The fourth-order valence-corrected chi connectivity index (χ4v) is 1.86.